The number of benzene rings is 2. The van der Waals surface area contributed by atoms with Crippen LogP contribution in [0.4, 0.5) is 5.69 Å². The molecule has 0 aliphatic heterocycles. The number of nitrogen functional groups attached to an aromatic ring is 1. The Morgan fingerprint density at radius 1 is 1.21 bits per heavy atom. The van der Waals surface area contributed by atoms with Crippen molar-refractivity contribution < 1.29 is 9.90 Å². The molecule has 0 atom stereocenters. The molecule has 0 spiro atoms. The van der Waals surface area contributed by atoms with Crippen molar-refractivity contribution in [3.63, 3.8) is 0 Å². The lowest BCUT2D eigenvalue weighted by atomic mass is 10.2. The van der Waals surface area contributed by atoms with Gasteiger partial charge in [-0.2, -0.15) is 0 Å². The van der Waals surface area contributed by atoms with E-state index in [1.54, 1.807) is 23.9 Å². The van der Waals surface area contributed by atoms with Crippen LogP contribution in [-0.2, 0) is 5.75 Å². The Morgan fingerprint density at radius 2 is 1.89 bits per heavy atom. The van der Waals surface area contributed by atoms with Crippen LogP contribution in [0.5, 0.6) is 0 Å². The lowest BCUT2D eigenvalue weighted by molar-refractivity contribution is 0.0698. The Hall–Kier alpha value is -1.65. The highest BCUT2D eigenvalue weighted by Gasteiger charge is 2.08. The summed E-state index contributed by atoms with van der Waals surface area (Å²) in [6.07, 6.45) is 0. The van der Waals surface area contributed by atoms with Crippen LogP contribution in [-0.4, -0.2) is 11.1 Å². The predicted octanol–water partition coefficient (Wildman–Crippen LogP) is 3.91. The van der Waals surface area contributed by atoms with Crippen LogP contribution in [0.1, 0.15) is 15.9 Å². The minimum absolute atomic E-state index is 0.135. The van der Waals surface area contributed by atoms with Gasteiger partial charge in [-0.25, -0.2) is 4.79 Å². The first kappa shape index (κ1) is 13.8. The van der Waals surface area contributed by atoms with Gasteiger partial charge in [-0.15, -0.1) is 11.8 Å². The minimum atomic E-state index is -1.01. The summed E-state index contributed by atoms with van der Waals surface area (Å²) in [5.41, 5.74) is 7.27. The molecular formula is C14H12ClNO2S. The van der Waals surface area contributed by atoms with E-state index in [0.717, 1.165) is 16.2 Å². The van der Waals surface area contributed by atoms with Crippen molar-refractivity contribution in [3.05, 3.63) is 58.6 Å². The third kappa shape index (κ3) is 3.66. The van der Waals surface area contributed by atoms with Crippen molar-refractivity contribution in [3.8, 4) is 0 Å². The second kappa shape index (κ2) is 5.99. The fourth-order valence-corrected chi connectivity index (χ4v) is 2.60. The molecule has 0 unspecified atom stereocenters. The number of nitrogens with two attached hydrogens (primary N) is 1. The summed E-state index contributed by atoms with van der Waals surface area (Å²) in [5.74, 6) is -0.227. The molecule has 0 aliphatic carbocycles. The number of carboxylic acid groups (broad SMARTS) is 1. The normalized spacial score (nSPS) is 10.4. The molecule has 2 aromatic carbocycles. The summed E-state index contributed by atoms with van der Waals surface area (Å²) >= 11 is 7.42. The fourth-order valence-electron chi connectivity index (χ4n) is 1.57. The Bertz CT molecular complexity index is 599. The maximum absolute atomic E-state index is 10.8. The number of hydrogen-bond donors (Lipinski definition) is 2. The van der Waals surface area contributed by atoms with Crippen molar-refractivity contribution in [1.29, 1.82) is 0 Å². The van der Waals surface area contributed by atoms with Gasteiger partial charge < -0.3 is 10.8 Å². The molecule has 0 aromatic heterocycles. The van der Waals surface area contributed by atoms with Crippen molar-refractivity contribution in [2.45, 2.75) is 10.6 Å². The molecule has 0 amide bonds. The number of halogens is 1. The van der Waals surface area contributed by atoms with Gasteiger partial charge in [0.25, 0.3) is 0 Å². The molecule has 0 aliphatic rings. The highest BCUT2D eigenvalue weighted by atomic mass is 35.5. The molecule has 3 nitrogen and oxygen atoms in total. The summed E-state index contributed by atoms with van der Waals surface area (Å²) in [6.45, 7) is 0. The maximum Gasteiger partial charge on any atom is 0.337 e. The van der Waals surface area contributed by atoms with Crippen LogP contribution in [0.15, 0.2) is 47.4 Å². The highest BCUT2D eigenvalue weighted by Crippen LogP contribution is 2.26. The SMILES string of the molecule is Nc1cc(SCc2ccc(Cl)cc2)ccc1C(=O)O. The van der Waals surface area contributed by atoms with Gasteiger partial charge in [-0.1, -0.05) is 23.7 Å². The van der Waals surface area contributed by atoms with Crippen LogP contribution in [0.2, 0.25) is 5.02 Å². The van der Waals surface area contributed by atoms with E-state index < -0.39 is 5.97 Å². The molecule has 2 aromatic rings. The lowest BCUT2D eigenvalue weighted by Crippen LogP contribution is -2.01. The molecule has 0 fully saturated rings. The van der Waals surface area contributed by atoms with Crippen molar-refractivity contribution >= 4 is 35.0 Å². The first-order valence-corrected chi connectivity index (χ1v) is 6.92. The summed E-state index contributed by atoms with van der Waals surface area (Å²) in [6, 6.07) is 12.6. The topological polar surface area (TPSA) is 63.3 Å². The molecular weight excluding hydrogens is 282 g/mol. The van der Waals surface area contributed by atoms with E-state index in [-0.39, 0.29) is 11.3 Å². The summed E-state index contributed by atoms with van der Waals surface area (Å²) in [7, 11) is 0. The molecule has 5 heteroatoms. The number of hydrogen-bond acceptors (Lipinski definition) is 3. The van der Waals surface area contributed by atoms with Gasteiger partial charge in [-0.05, 0) is 35.9 Å². The van der Waals surface area contributed by atoms with E-state index in [2.05, 4.69) is 0 Å². The van der Waals surface area contributed by atoms with E-state index in [1.807, 2.05) is 24.3 Å². The standard InChI is InChI=1S/C14H12ClNO2S/c15-10-3-1-9(2-4-10)8-19-11-5-6-12(14(17)18)13(16)7-11/h1-7H,8,16H2,(H,17,18). The quantitative estimate of drug-likeness (QED) is 0.662. The van der Waals surface area contributed by atoms with Gasteiger partial charge in [-0.3, -0.25) is 0 Å². The van der Waals surface area contributed by atoms with E-state index in [9.17, 15) is 4.79 Å². The van der Waals surface area contributed by atoms with Gasteiger partial charge in [0.05, 0.1) is 5.56 Å². The first-order chi connectivity index (χ1) is 9.06. The predicted molar refractivity (Wildman–Crippen MR) is 78.8 cm³/mol. The molecule has 0 saturated heterocycles. The van der Waals surface area contributed by atoms with Crippen LogP contribution in [0.25, 0.3) is 0 Å². The number of aromatic carboxylic acids is 1. The zero-order valence-electron chi connectivity index (χ0n) is 9.97. The lowest BCUT2D eigenvalue weighted by Gasteiger charge is -2.05. The van der Waals surface area contributed by atoms with Crippen molar-refractivity contribution in [2.75, 3.05) is 5.73 Å². The van der Waals surface area contributed by atoms with Crippen LogP contribution >= 0.6 is 23.4 Å². The minimum Gasteiger partial charge on any atom is -0.478 e. The molecule has 19 heavy (non-hydrogen) atoms. The zero-order chi connectivity index (χ0) is 13.8. The fraction of sp³-hybridized carbons (Fsp3) is 0.0714. The molecule has 2 rings (SSSR count). The Kier molecular flexibility index (Phi) is 4.35. The van der Waals surface area contributed by atoms with E-state index >= 15 is 0 Å². The summed E-state index contributed by atoms with van der Waals surface area (Å²) in [5, 5.41) is 9.60. The number of rotatable bonds is 4. The monoisotopic (exact) mass is 293 g/mol. The van der Waals surface area contributed by atoms with Gasteiger partial charge in [0.2, 0.25) is 0 Å². The van der Waals surface area contributed by atoms with Gasteiger partial charge in [0, 0.05) is 21.4 Å². The average molecular weight is 294 g/mol. The molecule has 0 heterocycles. The van der Waals surface area contributed by atoms with Gasteiger partial charge in [0.1, 0.15) is 0 Å². The molecule has 0 saturated carbocycles. The van der Waals surface area contributed by atoms with Gasteiger partial charge in [0.15, 0.2) is 0 Å². The number of carbonyl (C=O) groups is 1. The smallest absolute Gasteiger partial charge is 0.337 e. The van der Waals surface area contributed by atoms with Crippen LogP contribution in [0.3, 0.4) is 0 Å². The Morgan fingerprint density at radius 3 is 2.47 bits per heavy atom. The van der Waals surface area contributed by atoms with Crippen LogP contribution in [0, 0.1) is 0 Å². The molecule has 3 N–H and O–H groups in total. The van der Waals surface area contributed by atoms with Crippen molar-refractivity contribution in [2.24, 2.45) is 0 Å². The summed E-state index contributed by atoms with van der Waals surface area (Å²) < 4.78 is 0. The van der Waals surface area contributed by atoms with Gasteiger partial charge >= 0.3 is 5.97 Å². The second-order valence-electron chi connectivity index (χ2n) is 3.97. The van der Waals surface area contributed by atoms with E-state index in [1.165, 1.54) is 6.07 Å². The van der Waals surface area contributed by atoms with E-state index in [0.29, 0.717) is 5.02 Å². The number of carboxylic acids is 1. The number of anilines is 1. The van der Waals surface area contributed by atoms with Crippen molar-refractivity contribution in [1.82, 2.24) is 0 Å². The first-order valence-electron chi connectivity index (χ1n) is 5.56. The highest BCUT2D eigenvalue weighted by molar-refractivity contribution is 7.98. The Balaban J connectivity index is 2.06. The summed E-state index contributed by atoms with van der Waals surface area (Å²) in [4.78, 5) is 11.8. The van der Waals surface area contributed by atoms with Crippen LogP contribution < -0.4 is 5.73 Å². The average Bonchev–Trinajstić information content (AvgIpc) is 2.37. The van der Waals surface area contributed by atoms with E-state index in [4.69, 9.17) is 22.4 Å². The Labute approximate surface area is 120 Å². The number of thioether (sulfide) groups is 1. The largest absolute Gasteiger partial charge is 0.478 e. The third-order valence-corrected chi connectivity index (χ3v) is 3.89. The zero-order valence-corrected chi connectivity index (χ0v) is 11.5. The maximum atomic E-state index is 10.8. The third-order valence-electron chi connectivity index (χ3n) is 2.57. The molecule has 98 valence electrons. The molecule has 0 radical (unpaired) electrons. The second-order valence-corrected chi connectivity index (χ2v) is 5.45. The molecule has 0 bridgehead atoms.